The number of rotatable bonds is 7. The van der Waals surface area contributed by atoms with E-state index in [4.69, 9.17) is 16.3 Å². The number of halogens is 1. The van der Waals surface area contributed by atoms with Crippen molar-refractivity contribution in [1.82, 2.24) is 15.5 Å². The lowest BCUT2D eigenvalue weighted by Gasteiger charge is -2.03. The third-order valence-corrected chi connectivity index (χ3v) is 2.79. The molecule has 1 amide bonds. The van der Waals surface area contributed by atoms with Crippen LogP contribution in [-0.4, -0.2) is 35.9 Å². The number of nitrogens with one attached hydrogen (secondary N) is 1. The van der Waals surface area contributed by atoms with E-state index < -0.39 is 0 Å². The van der Waals surface area contributed by atoms with Crippen molar-refractivity contribution in [3.63, 3.8) is 0 Å². The lowest BCUT2D eigenvalue weighted by atomic mass is 10.4. The summed E-state index contributed by atoms with van der Waals surface area (Å²) in [4.78, 5) is 11.4. The number of amides is 1. The molecule has 0 radical (unpaired) electrons. The Kier molecular flexibility index (Phi) is 6.29. The molecule has 1 heterocycles. The monoisotopic (exact) mass is 263 g/mol. The van der Waals surface area contributed by atoms with Crippen LogP contribution in [0.2, 0.25) is 4.47 Å². The molecule has 0 atom stereocenters. The van der Waals surface area contributed by atoms with Gasteiger partial charge in [-0.05, 0) is 18.0 Å². The van der Waals surface area contributed by atoms with E-state index in [0.29, 0.717) is 13.2 Å². The van der Waals surface area contributed by atoms with E-state index in [1.165, 1.54) is 0 Å². The van der Waals surface area contributed by atoms with Crippen LogP contribution in [0.25, 0.3) is 0 Å². The molecule has 5 nitrogen and oxygen atoms in total. The molecule has 0 unspecified atom stereocenters. The normalized spacial score (nSPS) is 10.4. The van der Waals surface area contributed by atoms with Crippen LogP contribution < -0.4 is 5.32 Å². The Morgan fingerprint density at radius 2 is 2.31 bits per heavy atom. The fraction of sp³-hybridized carbons (Fsp3) is 0.667. The molecule has 0 saturated heterocycles. The molecular formula is C9H14ClN3O2S. The molecule has 0 spiro atoms. The highest BCUT2D eigenvalue weighted by Gasteiger charge is 2.10. The van der Waals surface area contributed by atoms with E-state index in [1.54, 1.807) is 0 Å². The minimum Gasteiger partial charge on any atom is -0.380 e. The summed E-state index contributed by atoms with van der Waals surface area (Å²) in [6.45, 7) is 3.82. The summed E-state index contributed by atoms with van der Waals surface area (Å²) in [6, 6.07) is 0. The van der Waals surface area contributed by atoms with Crippen molar-refractivity contribution in [1.29, 1.82) is 0 Å². The first-order valence-corrected chi connectivity index (χ1v) is 6.28. The first-order chi connectivity index (χ1) is 7.74. The molecule has 16 heavy (non-hydrogen) atoms. The lowest BCUT2D eigenvalue weighted by molar-refractivity contribution is 0.0911. The van der Waals surface area contributed by atoms with Crippen molar-refractivity contribution in [2.45, 2.75) is 19.8 Å². The third kappa shape index (κ3) is 4.87. The zero-order chi connectivity index (χ0) is 11.8. The molecule has 0 aromatic carbocycles. The van der Waals surface area contributed by atoms with Gasteiger partial charge in [-0.25, -0.2) is 0 Å². The van der Waals surface area contributed by atoms with E-state index in [0.717, 1.165) is 30.8 Å². The molecule has 0 fully saturated rings. The minimum atomic E-state index is -0.261. The van der Waals surface area contributed by atoms with Gasteiger partial charge in [0.25, 0.3) is 5.91 Å². The molecule has 90 valence electrons. The van der Waals surface area contributed by atoms with Gasteiger partial charge in [-0.15, -0.1) is 10.2 Å². The summed E-state index contributed by atoms with van der Waals surface area (Å²) in [5.41, 5.74) is 0. The van der Waals surface area contributed by atoms with Crippen LogP contribution in [0.15, 0.2) is 0 Å². The van der Waals surface area contributed by atoms with E-state index in [2.05, 4.69) is 22.4 Å². The summed E-state index contributed by atoms with van der Waals surface area (Å²) in [5, 5.41) is 10.1. The smallest absolute Gasteiger partial charge is 0.282 e. The van der Waals surface area contributed by atoms with Crippen molar-refractivity contribution in [3.8, 4) is 0 Å². The number of aromatic nitrogens is 2. The van der Waals surface area contributed by atoms with Crippen LogP contribution in [-0.2, 0) is 4.74 Å². The van der Waals surface area contributed by atoms with Gasteiger partial charge >= 0.3 is 0 Å². The molecule has 1 N–H and O–H groups in total. The fourth-order valence-electron chi connectivity index (χ4n) is 0.958. The van der Waals surface area contributed by atoms with Crippen molar-refractivity contribution in [3.05, 3.63) is 9.47 Å². The van der Waals surface area contributed by atoms with Gasteiger partial charge < -0.3 is 10.1 Å². The second kappa shape index (κ2) is 7.54. The molecule has 0 bridgehead atoms. The summed E-state index contributed by atoms with van der Waals surface area (Å²) >= 11 is 6.62. The molecule has 0 aliphatic rings. The maximum atomic E-state index is 11.4. The van der Waals surface area contributed by atoms with Crippen LogP contribution in [0.3, 0.4) is 0 Å². The summed E-state index contributed by atoms with van der Waals surface area (Å²) in [5.74, 6) is -0.261. The average Bonchev–Trinajstić information content (AvgIpc) is 2.70. The van der Waals surface area contributed by atoms with Crippen molar-refractivity contribution in [2.75, 3.05) is 19.8 Å². The SMILES string of the molecule is CCCCOCCNC(=O)c1nnc(Cl)s1. The number of unbranched alkanes of at least 4 members (excludes halogenated alkanes) is 1. The Bertz CT molecular complexity index is 332. The number of ether oxygens (including phenoxy) is 1. The summed E-state index contributed by atoms with van der Waals surface area (Å²) in [6.07, 6.45) is 2.15. The van der Waals surface area contributed by atoms with Crippen LogP contribution in [0.4, 0.5) is 0 Å². The number of hydrogen-bond acceptors (Lipinski definition) is 5. The Hall–Kier alpha value is -0.720. The van der Waals surface area contributed by atoms with Crippen LogP contribution in [0.1, 0.15) is 29.6 Å². The second-order valence-electron chi connectivity index (χ2n) is 3.08. The maximum Gasteiger partial charge on any atom is 0.282 e. The van der Waals surface area contributed by atoms with E-state index in [9.17, 15) is 4.79 Å². The Morgan fingerprint density at radius 1 is 1.50 bits per heavy atom. The molecule has 1 aromatic heterocycles. The van der Waals surface area contributed by atoms with Crippen molar-refractivity contribution < 1.29 is 9.53 Å². The largest absolute Gasteiger partial charge is 0.380 e. The highest BCUT2D eigenvalue weighted by atomic mass is 35.5. The average molecular weight is 264 g/mol. The summed E-state index contributed by atoms with van der Waals surface area (Å²) in [7, 11) is 0. The van der Waals surface area contributed by atoms with Crippen molar-refractivity contribution >= 4 is 28.8 Å². The first-order valence-electron chi connectivity index (χ1n) is 5.09. The third-order valence-electron chi connectivity index (χ3n) is 1.77. The number of nitrogens with zero attached hydrogens (tertiary/aromatic N) is 2. The second-order valence-corrected chi connectivity index (χ2v) is 4.64. The molecule has 1 aromatic rings. The van der Waals surface area contributed by atoms with E-state index in [1.807, 2.05) is 0 Å². The van der Waals surface area contributed by atoms with Gasteiger partial charge in [0.1, 0.15) is 0 Å². The molecule has 1 rings (SSSR count). The van der Waals surface area contributed by atoms with Crippen LogP contribution in [0.5, 0.6) is 0 Å². The van der Waals surface area contributed by atoms with Gasteiger partial charge in [0.05, 0.1) is 6.61 Å². The zero-order valence-electron chi connectivity index (χ0n) is 9.03. The number of carbonyl (C=O) groups excluding carboxylic acids is 1. The molecule has 0 saturated carbocycles. The predicted molar refractivity (Wildman–Crippen MR) is 63.0 cm³/mol. The van der Waals surface area contributed by atoms with Gasteiger partial charge in [-0.3, -0.25) is 4.79 Å². The minimum absolute atomic E-state index is 0.261. The van der Waals surface area contributed by atoms with Crippen LogP contribution in [0, 0.1) is 0 Å². The van der Waals surface area contributed by atoms with Crippen LogP contribution >= 0.6 is 22.9 Å². The maximum absolute atomic E-state index is 11.4. The summed E-state index contributed by atoms with van der Waals surface area (Å²) < 4.78 is 5.56. The lowest BCUT2D eigenvalue weighted by Crippen LogP contribution is -2.27. The molecule has 7 heteroatoms. The van der Waals surface area contributed by atoms with Gasteiger partial charge in [0.2, 0.25) is 9.47 Å². The van der Waals surface area contributed by atoms with E-state index >= 15 is 0 Å². The predicted octanol–water partition coefficient (Wildman–Crippen LogP) is 1.74. The zero-order valence-corrected chi connectivity index (χ0v) is 10.6. The molecule has 0 aliphatic heterocycles. The van der Waals surface area contributed by atoms with Gasteiger partial charge in [0.15, 0.2) is 0 Å². The van der Waals surface area contributed by atoms with Gasteiger partial charge in [0, 0.05) is 13.2 Å². The Morgan fingerprint density at radius 3 is 2.94 bits per heavy atom. The first kappa shape index (κ1) is 13.3. The Labute approximate surface area is 103 Å². The fourth-order valence-corrected chi connectivity index (χ4v) is 1.70. The molecule has 0 aliphatic carbocycles. The van der Waals surface area contributed by atoms with Crippen molar-refractivity contribution in [2.24, 2.45) is 0 Å². The number of carbonyl (C=O) groups is 1. The quantitative estimate of drug-likeness (QED) is 0.761. The Balaban J connectivity index is 2.11. The number of hydrogen-bond donors (Lipinski definition) is 1. The van der Waals surface area contributed by atoms with Gasteiger partial charge in [-0.2, -0.15) is 0 Å². The van der Waals surface area contributed by atoms with E-state index in [-0.39, 0.29) is 15.4 Å². The highest BCUT2D eigenvalue weighted by molar-refractivity contribution is 7.17. The van der Waals surface area contributed by atoms with Gasteiger partial charge in [-0.1, -0.05) is 24.7 Å². The topological polar surface area (TPSA) is 64.1 Å². The standard InChI is InChI=1S/C9H14ClN3O2S/c1-2-3-5-15-6-4-11-7(14)8-12-13-9(10)16-8/h2-6H2,1H3,(H,11,14). The highest BCUT2D eigenvalue weighted by Crippen LogP contribution is 2.14. The molecular weight excluding hydrogens is 250 g/mol.